The molecule has 0 saturated carbocycles. The molecule has 0 saturated heterocycles. The number of anilines is 2. The molecule has 0 spiro atoms. The number of hydrogen-bond acceptors (Lipinski definition) is 3. The molecule has 0 fully saturated rings. The third-order valence-electron chi connectivity index (χ3n) is 2.55. The van der Waals surface area contributed by atoms with Gasteiger partial charge in [0.15, 0.2) is 0 Å². The highest BCUT2D eigenvalue weighted by atomic mass is 32.2. The van der Waals surface area contributed by atoms with Crippen molar-refractivity contribution < 1.29 is 17.6 Å². The van der Waals surface area contributed by atoms with Crippen LogP contribution in [0.3, 0.4) is 0 Å². The van der Waals surface area contributed by atoms with Gasteiger partial charge in [-0.3, -0.25) is 9.52 Å². The number of halogens is 1. The van der Waals surface area contributed by atoms with Gasteiger partial charge in [-0.2, -0.15) is 0 Å². The fraction of sp³-hybridized carbons (Fsp3) is 0.0714. The van der Waals surface area contributed by atoms with Crippen molar-refractivity contribution in [2.45, 2.75) is 0 Å². The lowest BCUT2D eigenvalue weighted by Crippen LogP contribution is -2.13. The summed E-state index contributed by atoms with van der Waals surface area (Å²) in [5, 5.41) is 2.61. The minimum atomic E-state index is -3.35. The molecule has 0 aromatic heterocycles. The first-order valence-electron chi connectivity index (χ1n) is 5.98. The van der Waals surface area contributed by atoms with Crippen LogP contribution in [0, 0.1) is 5.82 Å². The lowest BCUT2D eigenvalue weighted by molar-refractivity contribution is 0.102. The molecule has 0 radical (unpaired) electrons. The van der Waals surface area contributed by atoms with Crippen molar-refractivity contribution in [1.82, 2.24) is 0 Å². The van der Waals surface area contributed by atoms with Gasteiger partial charge in [-0.15, -0.1) is 0 Å². The fourth-order valence-electron chi connectivity index (χ4n) is 1.64. The Kier molecular flexibility index (Phi) is 4.23. The second kappa shape index (κ2) is 5.92. The van der Waals surface area contributed by atoms with Crippen LogP contribution >= 0.6 is 0 Å². The van der Waals surface area contributed by atoms with Gasteiger partial charge in [0, 0.05) is 16.9 Å². The molecule has 0 bridgehead atoms. The first-order valence-corrected chi connectivity index (χ1v) is 7.87. The second-order valence-electron chi connectivity index (χ2n) is 4.41. The monoisotopic (exact) mass is 308 g/mol. The van der Waals surface area contributed by atoms with Gasteiger partial charge in [0.25, 0.3) is 5.91 Å². The van der Waals surface area contributed by atoms with Crippen molar-refractivity contribution in [3.8, 4) is 0 Å². The van der Waals surface area contributed by atoms with Crippen LogP contribution < -0.4 is 10.0 Å². The van der Waals surface area contributed by atoms with E-state index in [-0.39, 0.29) is 11.7 Å². The van der Waals surface area contributed by atoms with Gasteiger partial charge < -0.3 is 5.32 Å². The van der Waals surface area contributed by atoms with Crippen molar-refractivity contribution in [2.75, 3.05) is 16.3 Å². The van der Waals surface area contributed by atoms with Gasteiger partial charge in [0.2, 0.25) is 10.0 Å². The lowest BCUT2D eigenvalue weighted by Gasteiger charge is -2.07. The summed E-state index contributed by atoms with van der Waals surface area (Å²) in [6.45, 7) is 0. The quantitative estimate of drug-likeness (QED) is 0.911. The molecule has 21 heavy (non-hydrogen) atoms. The van der Waals surface area contributed by atoms with E-state index in [1.807, 2.05) is 0 Å². The van der Waals surface area contributed by atoms with E-state index in [0.29, 0.717) is 16.9 Å². The Labute approximate surface area is 121 Å². The van der Waals surface area contributed by atoms with Gasteiger partial charge in [-0.25, -0.2) is 12.8 Å². The zero-order chi connectivity index (χ0) is 15.5. The second-order valence-corrected chi connectivity index (χ2v) is 6.16. The largest absolute Gasteiger partial charge is 0.322 e. The van der Waals surface area contributed by atoms with Crippen molar-refractivity contribution in [3.63, 3.8) is 0 Å². The zero-order valence-corrected chi connectivity index (χ0v) is 11.9. The molecule has 0 unspecified atom stereocenters. The zero-order valence-electron chi connectivity index (χ0n) is 11.1. The number of carbonyl (C=O) groups is 1. The van der Waals surface area contributed by atoms with E-state index in [2.05, 4.69) is 10.0 Å². The summed E-state index contributed by atoms with van der Waals surface area (Å²) in [6, 6.07) is 11.4. The fourth-order valence-corrected chi connectivity index (χ4v) is 2.20. The topological polar surface area (TPSA) is 75.3 Å². The Morgan fingerprint density at radius 1 is 0.952 bits per heavy atom. The Balaban J connectivity index is 2.08. The number of benzene rings is 2. The highest BCUT2D eigenvalue weighted by Gasteiger charge is 2.07. The Bertz CT molecular complexity index is 741. The smallest absolute Gasteiger partial charge is 0.255 e. The van der Waals surface area contributed by atoms with Crippen LogP contribution in [0.25, 0.3) is 0 Å². The van der Waals surface area contributed by atoms with Crippen LogP contribution in [-0.4, -0.2) is 20.6 Å². The molecule has 7 heteroatoms. The number of carbonyl (C=O) groups excluding carboxylic acids is 1. The van der Waals surface area contributed by atoms with Crippen molar-refractivity contribution in [3.05, 3.63) is 59.9 Å². The van der Waals surface area contributed by atoms with Crippen molar-refractivity contribution >= 4 is 27.3 Å². The normalized spacial score (nSPS) is 11.0. The summed E-state index contributed by atoms with van der Waals surface area (Å²) in [5.41, 5.74) is 1.20. The Hall–Kier alpha value is -2.41. The van der Waals surface area contributed by atoms with Crippen LogP contribution in [0.5, 0.6) is 0 Å². The van der Waals surface area contributed by atoms with E-state index in [4.69, 9.17) is 0 Å². The first kappa shape index (κ1) is 15.0. The van der Waals surface area contributed by atoms with Gasteiger partial charge in [-0.1, -0.05) is 0 Å². The highest BCUT2D eigenvalue weighted by Crippen LogP contribution is 2.14. The number of nitrogens with one attached hydrogen (secondary N) is 2. The molecule has 0 aliphatic heterocycles. The molecule has 110 valence electrons. The van der Waals surface area contributed by atoms with Crippen molar-refractivity contribution in [1.29, 1.82) is 0 Å². The summed E-state index contributed by atoms with van der Waals surface area (Å²) >= 11 is 0. The predicted molar refractivity (Wildman–Crippen MR) is 79.3 cm³/mol. The average molecular weight is 308 g/mol. The maximum atomic E-state index is 12.8. The van der Waals surface area contributed by atoms with E-state index in [9.17, 15) is 17.6 Å². The molecule has 0 heterocycles. The highest BCUT2D eigenvalue weighted by molar-refractivity contribution is 7.92. The summed E-state index contributed by atoms with van der Waals surface area (Å²) in [5.74, 6) is -0.753. The Morgan fingerprint density at radius 3 is 2.00 bits per heavy atom. The van der Waals surface area contributed by atoms with Crippen LogP contribution in [0.1, 0.15) is 10.4 Å². The van der Waals surface area contributed by atoms with Gasteiger partial charge >= 0.3 is 0 Å². The maximum Gasteiger partial charge on any atom is 0.255 e. The summed E-state index contributed by atoms with van der Waals surface area (Å²) < 4.78 is 37.2. The van der Waals surface area contributed by atoms with Crippen LogP contribution in [0.15, 0.2) is 48.5 Å². The molecular weight excluding hydrogens is 295 g/mol. The molecule has 0 atom stereocenters. The van der Waals surface area contributed by atoms with Crippen LogP contribution in [0.4, 0.5) is 15.8 Å². The number of sulfonamides is 1. The Morgan fingerprint density at radius 2 is 1.48 bits per heavy atom. The molecular formula is C14H13FN2O3S. The average Bonchev–Trinajstić information content (AvgIpc) is 2.40. The molecule has 2 aromatic carbocycles. The van der Waals surface area contributed by atoms with E-state index in [1.165, 1.54) is 48.5 Å². The van der Waals surface area contributed by atoms with Crippen molar-refractivity contribution in [2.24, 2.45) is 0 Å². The summed E-state index contributed by atoms with van der Waals surface area (Å²) in [7, 11) is -3.35. The molecule has 0 aliphatic rings. The summed E-state index contributed by atoms with van der Waals surface area (Å²) in [6.07, 6.45) is 1.04. The minimum Gasteiger partial charge on any atom is -0.322 e. The molecule has 2 rings (SSSR count). The van der Waals surface area contributed by atoms with Gasteiger partial charge in [0.1, 0.15) is 5.82 Å². The van der Waals surface area contributed by atoms with E-state index >= 15 is 0 Å². The standard InChI is InChI=1S/C14H13FN2O3S/c1-21(19,20)17-13-6-2-10(3-7-13)14(18)16-12-8-4-11(15)5-9-12/h2-9,17H,1H3,(H,16,18). The van der Waals surface area contributed by atoms with E-state index in [0.717, 1.165) is 6.26 Å². The summed E-state index contributed by atoms with van der Waals surface area (Å²) in [4.78, 5) is 12.0. The maximum absolute atomic E-state index is 12.8. The minimum absolute atomic E-state index is 0.360. The number of rotatable bonds is 4. The van der Waals surface area contributed by atoms with Gasteiger partial charge in [-0.05, 0) is 48.5 Å². The first-order chi connectivity index (χ1) is 9.83. The lowest BCUT2D eigenvalue weighted by atomic mass is 10.2. The van der Waals surface area contributed by atoms with E-state index < -0.39 is 10.0 Å². The number of hydrogen-bond donors (Lipinski definition) is 2. The molecule has 5 nitrogen and oxygen atoms in total. The number of amides is 1. The van der Waals surface area contributed by atoms with Crippen LogP contribution in [0.2, 0.25) is 0 Å². The molecule has 2 aromatic rings. The molecule has 1 amide bonds. The SMILES string of the molecule is CS(=O)(=O)Nc1ccc(C(=O)Nc2ccc(F)cc2)cc1. The third kappa shape index (κ3) is 4.57. The third-order valence-corrected chi connectivity index (χ3v) is 3.16. The molecule has 2 N–H and O–H groups in total. The predicted octanol–water partition coefficient (Wildman–Crippen LogP) is 2.45. The van der Waals surface area contributed by atoms with Gasteiger partial charge in [0.05, 0.1) is 6.26 Å². The molecule has 0 aliphatic carbocycles. The van der Waals surface area contributed by atoms with E-state index in [1.54, 1.807) is 0 Å². The van der Waals surface area contributed by atoms with Crippen LogP contribution in [-0.2, 0) is 10.0 Å².